The van der Waals surface area contributed by atoms with E-state index in [0.717, 1.165) is 6.07 Å². The van der Waals surface area contributed by atoms with Gasteiger partial charge in [-0.3, -0.25) is 9.52 Å². The zero-order valence-corrected chi connectivity index (χ0v) is 13.9. The van der Waals surface area contributed by atoms with E-state index < -0.39 is 15.9 Å². The number of hydrogen-bond acceptors (Lipinski definition) is 3. The van der Waals surface area contributed by atoms with Crippen LogP contribution in [0.5, 0.6) is 0 Å². The molecule has 1 amide bonds. The molecule has 0 aliphatic carbocycles. The van der Waals surface area contributed by atoms with Crippen LogP contribution in [0.25, 0.3) is 0 Å². The molecule has 0 atom stereocenters. The molecule has 0 saturated heterocycles. The number of nitrogens with two attached hydrogens (primary N) is 1. The first-order valence-corrected chi connectivity index (χ1v) is 8.39. The minimum absolute atomic E-state index is 0.0596. The van der Waals surface area contributed by atoms with Gasteiger partial charge in [0, 0.05) is 11.3 Å². The van der Waals surface area contributed by atoms with Crippen LogP contribution in [0.2, 0.25) is 15.1 Å². The van der Waals surface area contributed by atoms with Crippen LogP contribution in [0, 0.1) is 0 Å². The maximum absolute atomic E-state index is 12.3. The van der Waals surface area contributed by atoms with E-state index in [1.54, 1.807) is 0 Å². The first kappa shape index (κ1) is 16.9. The number of carbonyl (C=O) groups is 1. The Bertz CT molecular complexity index is 836. The first-order chi connectivity index (χ1) is 10.2. The average molecular weight is 380 g/mol. The summed E-state index contributed by atoms with van der Waals surface area (Å²) in [6, 6.07) is 8.02. The van der Waals surface area contributed by atoms with Crippen molar-refractivity contribution in [2.45, 2.75) is 4.90 Å². The third kappa shape index (κ3) is 3.64. The molecular weight excluding hydrogens is 371 g/mol. The molecular formula is C13H9Cl3N2O3S. The molecule has 2 aromatic rings. The fourth-order valence-electron chi connectivity index (χ4n) is 1.62. The maximum Gasteiger partial charge on any atom is 0.263 e. The highest BCUT2D eigenvalue weighted by Crippen LogP contribution is 2.32. The van der Waals surface area contributed by atoms with Crippen LogP contribution in [-0.4, -0.2) is 14.3 Å². The minimum Gasteiger partial charge on any atom is -0.366 e. The summed E-state index contributed by atoms with van der Waals surface area (Å²) in [6.45, 7) is 0. The quantitative estimate of drug-likeness (QED) is 0.796. The van der Waals surface area contributed by atoms with Gasteiger partial charge in [-0.05, 0) is 36.4 Å². The van der Waals surface area contributed by atoms with Crippen LogP contribution in [-0.2, 0) is 10.0 Å². The van der Waals surface area contributed by atoms with Gasteiger partial charge >= 0.3 is 0 Å². The van der Waals surface area contributed by atoms with Gasteiger partial charge in [0.1, 0.15) is 4.90 Å². The van der Waals surface area contributed by atoms with Gasteiger partial charge in [0.05, 0.1) is 15.1 Å². The van der Waals surface area contributed by atoms with Crippen LogP contribution in [0.3, 0.4) is 0 Å². The minimum atomic E-state index is -3.96. The number of amides is 1. The molecule has 9 heteroatoms. The summed E-state index contributed by atoms with van der Waals surface area (Å²) in [6.07, 6.45) is 0. The molecule has 0 aliphatic heterocycles. The van der Waals surface area contributed by atoms with Crippen molar-refractivity contribution >= 4 is 56.4 Å². The molecule has 116 valence electrons. The normalized spacial score (nSPS) is 11.2. The molecule has 0 bridgehead atoms. The van der Waals surface area contributed by atoms with Gasteiger partial charge in [-0.1, -0.05) is 34.8 Å². The zero-order chi connectivity index (χ0) is 16.5. The number of carbonyl (C=O) groups excluding carboxylic acids is 1. The summed E-state index contributed by atoms with van der Waals surface area (Å²) in [5, 5.41) is 0.155. The smallest absolute Gasteiger partial charge is 0.263 e. The van der Waals surface area contributed by atoms with Crippen molar-refractivity contribution in [1.29, 1.82) is 0 Å². The van der Waals surface area contributed by atoms with Crippen molar-refractivity contribution in [2.24, 2.45) is 5.73 Å². The Labute approximate surface area is 142 Å². The largest absolute Gasteiger partial charge is 0.366 e. The molecule has 0 aromatic heterocycles. The van der Waals surface area contributed by atoms with Crippen molar-refractivity contribution in [3.8, 4) is 0 Å². The fraction of sp³-hybridized carbons (Fsp3) is 0. The van der Waals surface area contributed by atoms with E-state index in [1.807, 2.05) is 0 Å². The second-order valence-electron chi connectivity index (χ2n) is 4.24. The zero-order valence-electron chi connectivity index (χ0n) is 10.8. The number of primary amides is 1. The Morgan fingerprint density at radius 2 is 1.50 bits per heavy atom. The van der Waals surface area contributed by atoms with E-state index in [0.29, 0.717) is 0 Å². The number of nitrogens with one attached hydrogen (secondary N) is 1. The second-order valence-corrected chi connectivity index (χ2v) is 7.12. The van der Waals surface area contributed by atoms with Crippen LogP contribution < -0.4 is 10.5 Å². The molecule has 0 heterocycles. The summed E-state index contributed by atoms with van der Waals surface area (Å²) in [5.41, 5.74) is 5.61. The Morgan fingerprint density at radius 1 is 0.955 bits per heavy atom. The number of benzene rings is 2. The van der Waals surface area contributed by atoms with Crippen LogP contribution in [0.15, 0.2) is 41.3 Å². The molecule has 2 rings (SSSR count). The Morgan fingerprint density at radius 3 is 2.05 bits per heavy atom. The van der Waals surface area contributed by atoms with Gasteiger partial charge in [-0.2, -0.15) is 0 Å². The standard InChI is InChI=1S/C13H9Cl3N2O3S/c14-9-5-11(16)12(6-10(9)15)22(20,21)18-8-3-1-7(2-4-8)13(17)19/h1-6,18H,(H2,17,19). The van der Waals surface area contributed by atoms with Gasteiger partial charge in [-0.25, -0.2) is 8.42 Å². The lowest BCUT2D eigenvalue weighted by molar-refractivity contribution is 0.100. The SMILES string of the molecule is NC(=O)c1ccc(NS(=O)(=O)c2cc(Cl)c(Cl)cc2Cl)cc1. The number of halogens is 3. The molecule has 0 spiro atoms. The van der Waals surface area contributed by atoms with Gasteiger partial charge in [0.15, 0.2) is 0 Å². The molecule has 0 radical (unpaired) electrons. The summed E-state index contributed by atoms with van der Waals surface area (Å²) in [4.78, 5) is 10.8. The highest BCUT2D eigenvalue weighted by molar-refractivity contribution is 7.92. The monoisotopic (exact) mass is 378 g/mol. The van der Waals surface area contributed by atoms with Gasteiger partial charge in [-0.15, -0.1) is 0 Å². The molecule has 5 nitrogen and oxygen atoms in total. The molecule has 0 unspecified atom stereocenters. The summed E-state index contributed by atoms with van der Waals surface area (Å²) >= 11 is 17.5. The third-order valence-corrected chi connectivity index (χ3v) is 5.25. The maximum atomic E-state index is 12.3. The summed E-state index contributed by atoms with van der Waals surface area (Å²) < 4.78 is 27.0. The van der Waals surface area contributed by atoms with Crippen molar-refractivity contribution in [3.05, 3.63) is 57.0 Å². The molecule has 0 saturated carbocycles. The predicted octanol–water partition coefficient (Wildman–Crippen LogP) is 3.55. The number of sulfonamides is 1. The number of anilines is 1. The van der Waals surface area contributed by atoms with Crippen molar-refractivity contribution < 1.29 is 13.2 Å². The number of hydrogen-bond donors (Lipinski definition) is 2. The van der Waals surface area contributed by atoms with E-state index in [-0.39, 0.29) is 31.2 Å². The van der Waals surface area contributed by atoms with E-state index in [1.165, 1.54) is 30.3 Å². The van der Waals surface area contributed by atoms with Crippen molar-refractivity contribution in [1.82, 2.24) is 0 Å². The van der Waals surface area contributed by atoms with Crippen molar-refractivity contribution in [3.63, 3.8) is 0 Å². The van der Waals surface area contributed by atoms with Gasteiger partial charge in [0.2, 0.25) is 5.91 Å². The highest BCUT2D eigenvalue weighted by atomic mass is 35.5. The highest BCUT2D eigenvalue weighted by Gasteiger charge is 2.20. The number of rotatable bonds is 4. The van der Waals surface area contributed by atoms with Crippen LogP contribution in [0.4, 0.5) is 5.69 Å². The van der Waals surface area contributed by atoms with Crippen LogP contribution >= 0.6 is 34.8 Å². The van der Waals surface area contributed by atoms with E-state index in [4.69, 9.17) is 40.5 Å². The molecule has 22 heavy (non-hydrogen) atoms. The van der Waals surface area contributed by atoms with Gasteiger partial charge < -0.3 is 5.73 Å². The van der Waals surface area contributed by atoms with Gasteiger partial charge in [0.25, 0.3) is 10.0 Å². The molecule has 0 fully saturated rings. The molecule has 3 N–H and O–H groups in total. The van der Waals surface area contributed by atoms with E-state index in [9.17, 15) is 13.2 Å². The lowest BCUT2D eigenvalue weighted by Gasteiger charge is -2.10. The molecule has 2 aromatic carbocycles. The Hall–Kier alpha value is -1.47. The first-order valence-electron chi connectivity index (χ1n) is 5.78. The van der Waals surface area contributed by atoms with E-state index in [2.05, 4.69) is 4.72 Å². The summed E-state index contributed by atoms with van der Waals surface area (Å²) in [5.74, 6) is -0.609. The fourth-order valence-corrected chi connectivity index (χ4v) is 3.68. The topological polar surface area (TPSA) is 89.3 Å². The average Bonchev–Trinajstić information content (AvgIpc) is 2.42. The second kappa shape index (κ2) is 6.34. The third-order valence-electron chi connectivity index (χ3n) is 2.69. The predicted molar refractivity (Wildman–Crippen MR) is 87.2 cm³/mol. The Balaban J connectivity index is 2.35. The van der Waals surface area contributed by atoms with Crippen LogP contribution in [0.1, 0.15) is 10.4 Å². The lowest BCUT2D eigenvalue weighted by atomic mass is 10.2. The molecule has 0 aliphatic rings. The van der Waals surface area contributed by atoms with Crippen molar-refractivity contribution in [2.75, 3.05) is 4.72 Å². The Kier molecular flexibility index (Phi) is 4.87. The summed E-state index contributed by atoms with van der Waals surface area (Å²) in [7, 11) is -3.96. The van der Waals surface area contributed by atoms with E-state index >= 15 is 0 Å². The lowest BCUT2D eigenvalue weighted by Crippen LogP contribution is -2.14.